The van der Waals surface area contributed by atoms with Gasteiger partial charge in [-0.1, -0.05) is 12.1 Å². The van der Waals surface area contributed by atoms with Gasteiger partial charge in [-0.3, -0.25) is 9.48 Å². The molecule has 0 saturated carbocycles. The van der Waals surface area contributed by atoms with E-state index in [1.165, 1.54) is 5.56 Å². The summed E-state index contributed by atoms with van der Waals surface area (Å²) < 4.78 is 1.74. The predicted molar refractivity (Wildman–Crippen MR) is 104 cm³/mol. The van der Waals surface area contributed by atoms with Crippen LogP contribution in [0.15, 0.2) is 30.3 Å². The molecule has 27 heavy (non-hydrogen) atoms. The minimum Gasteiger partial charge on any atom is -0.508 e. The summed E-state index contributed by atoms with van der Waals surface area (Å²) in [5, 5.41) is 14.8. The highest BCUT2D eigenvalue weighted by molar-refractivity contribution is 6.06. The van der Waals surface area contributed by atoms with Crippen molar-refractivity contribution in [2.24, 2.45) is 7.05 Å². The maximum Gasteiger partial charge on any atom is 0.254 e. The molecule has 3 heterocycles. The summed E-state index contributed by atoms with van der Waals surface area (Å²) in [6.45, 7) is 5.29. The highest BCUT2D eigenvalue weighted by Gasteiger charge is 2.27. The summed E-state index contributed by atoms with van der Waals surface area (Å²) in [6.07, 6.45) is 1.85. The molecule has 1 saturated heterocycles. The fourth-order valence-electron chi connectivity index (χ4n) is 4.07. The first-order valence-corrected chi connectivity index (χ1v) is 9.33. The monoisotopic (exact) mass is 364 g/mol. The van der Waals surface area contributed by atoms with Crippen molar-refractivity contribution < 1.29 is 9.90 Å². The van der Waals surface area contributed by atoms with Gasteiger partial charge in [0.1, 0.15) is 5.75 Å². The molecule has 0 bridgehead atoms. The number of fused-ring (bicyclic) bond motifs is 1. The summed E-state index contributed by atoms with van der Waals surface area (Å²) in [5.41, 5.74) is 4.35. The van der Waals surface area contributed by atoms with Crippen molar-refractivity contribution in [1.29, 1.82) is 0 Å². The predicted octanol–water partition coefficient (Wildman–Crippen LogP) is 3.31. The first kappa shape index (κ1) is 17.5. The second-order valence-electron chi connectivity index (χ2n) is 7.38. The van der Waals surface area contributed by atoms with Gasteiger partial charge in [-0.2, -0.15) is 5.10 Å². The van der Waals surface area contributed by atoms with Crippen LogP contribution in [0.25, 0.3) is 11.0 Å². The number of nitrogens with zero attached hydrogens (tertiary/aromatic N) is 4. The average molecular weight is 364 g/mol. The number of rotatable bonds is 2. The van der Waals surface area contributed by atoms with Crippen LogP contribution in [0.2, 0.25) is 0 Å². The fourth-order valence-corrected chi connectivity index (χ4v) is 4.07. The number of phenolic OH excluding ortho intramolecular Hbond substituents is 1. The molecule has 0 atom stereocenters. The van der Waals surface area contributed by atoms with Crippen molar-refractivity contribution in [3.05, 3.63) is 52.8 Å². The van der Waals surface area contributed by atoms with Gasteiger partial charge >= 0.3 is 0 Å². The Bertz CT molecular complexity index is 999. The second-order valence-corrected chi connectivity index (χ2v) is 7.38. The summed E-state index contributed by atoms with van der Waals surface area (Å²) in [5.74, 6) is 0.773. The van der Waals surface area contributed by atoms with Crippen LogP contribution in [-0.4, -0.2) is 43.8 Å². The van der Waals surface area contributed by atoms with Crippen LogP contribution in [0.4, 0.5) is 0 Å². The van der Waals surface area contributed by atoms with Crippen LogP contribution in [0.5, 0.6) is 5.75 Å². The van der Waals surface area contributed by atoms with Gasteiger partial charge in [-0.25, -0.2) is 4.98 Å². The molecule has 1 aromatic carbocycles. The minimum absolute atomic E-state index is 0.0609. The molecule has 4 rings (SSSR count). The lowest BCUT2D eigenvalue weighted by molar-refractivity contribution is 0.0715. The van der Waals surface area contributed by atoms with E-state index in [1.807, 2.05) is 44.0 Å². The third-order valence-electron chi connectivity index (χ3n) is 5.47. The van der Waals surface area contributed by atoms with Gasteiger partial charge in [0.2, 0.25) is 0 Å². The maximum atomic E-state index is 13.2. The molecular formula is C21H24N4O2. The molecule has 1 N–H and O–H groups in total. The molecule has 6 nitrogen and oxygen atoms in total. The Labute approximate surface area is 158 Å². The SMILES string of the molecule is Cc1cc(C(=O)N2CCC(c3ccc(O)cc3)CC2)c2c(C)nn(C)c2n1. The number of hydrogen-bond donors (Lipinski definition) is 1. The zero-order valence-corrected chi connectivity index (χ0v) is 15.9. The van der Waals surface area contributed by atoms with E-state index in [0.717, 1.165) is 48.4 Å². The summed E-state index contributed by atoms with van der Waals surface area (Å²) in [7, 11) is 1.86. The molecular weight excluding hydrogens is 340 g/mol. The number of carbonyl (C=O) groups excluding carboxylic acids is 1. The lowest BCUT2D eigenvalue weighted by atomic mass is 9.89. The van der Waals surface area contributed by atoms with Gasteiger partial charge in [-0.15, -0.1) is 0 Å². The van der Waals surface area contributed by atoms with E-state index in [4.69, 9.17) is 0 Å². The van der Waals surface area contributed by atoms with Crippen molar-refractivity contribution in [2.75, 3.05) is 13.1 Å². The first-order valence-electron chi connectivity index (χ1n) is 9.33. The number of likely N-dealkylation sites (tertiary alicyclic amines) is 1. The van der Waals surface area contributed by atoms with Crippen molar-refractivity contribution in [1.82, 2.24) is 19.7 Å². The molecule has 3 aromatic rings. The van der Waals surface area contributed by atoms with E-state index in [1.54, 1.807) is 16.8 Å². The van der Waals surface area contributed by atoms with Gasteiger partial charge in [0, 0.05) is 25.8 Å². The Morgan fingerprint density at radius 1 is 1.15 bits per heavy atom. The van der Waals surface area contributed by atoms with Gasteiger partial charge in [0.05, 0.1) is 16.6 Å². The zero-order chi connectivity index (χ0) is 19.1. The zero-order valence-electron chi connectivity index (χ0n) is 15.9. The smallest absolute Gasteiger partial charge is 0.254 e. The summed E-state index contributed by atoms with van der Waals surface area (Å²) >= 11 is 0. The van der Waals surface area contributed by atoms with Crippen LogP contribution < -0.4 is 0 Å². The van der Waals surface area contributed by atoms with E-state index < -0.39 is 0 Å². The lowest BCUT2D eigenvalue weighted by Gasteiger charge is -2.32. The number of phenols is 1. The van der Waals surface area contributed by atoms with E-state index >= 15 is 0 Å². The molecule has 140 valence electrons. The summed E-state index contributed by atoms with van der Waals surface area (Å²) in [4.78, 5) is 19.7. The van der Waals surface area contributed by atoms with Crippen LogP contribution in [0.1, 0.15) is 46.1 Å². The van der Waals surface area contributed by atoms with Crippen molar-refractivity contribution in [2.45, 2.75) is 32.6 Å². The van der Waals surface area contributed by atoms with E-state index in [0.29, 0.717) is 11.5 Å². The van der Waals surface area contributed by atoms with Gasteiger partial charge in [-0.05, 0) is 56.4 Å². The third-order valence-corrected chi connectivity index (χ3v) is 5.47. The molecule has 0 unspecified atom stereocenters. The second kappa shape index (κ2) is 6.68. The number of benzene rings is 1. The van der Waals surface area contributed by atoms with E-state index in [9.17, 15) is 9.90 Å². The van der Waals surface area contributed by atoms with Crippen LogP contribution in [-0.2, 0) is 7.05 Å². The number of hydrogen-bond acceptors (Lipinski definition) is 4. The van der Waals surface area contributed by atoms with Crippen LogP contribution in [0, 0.1) is 13.8 Å². The Morgan fingerprint density at radius 3 is 2.48 bits per heavy atom. The number of piperidine rings is 1. The first-order chi connectivity index (χ1) is 12.9. The molecule has 2 aromatic heterocycles. The minimum atomic E-state index is 0.0609. The molecule has 0 radical (unpaired) electrons. The Kier molecular flexibility index (Phi) is 4.34. The number of carbonyl (C=O) groups is 1. The normalized spacial score (nSPS) is 15.4. The Morgan fingerprint density at radius 2 is 1.81 bits per heavy atom. The van der Waals surface area contributed by atoms with Gasteiger partial charge < -0.3 is 10.0 Å². The maximum absolute atomic E-state index is 13.2. The number of aryl methyl sites for hydroxylation is 3. The molecule has 6 heteroatoms. The topological polar surface area (TPSA) is 71.2 Å². The average Bonchev–Trinajstić information content (AvgIpc) is 2.95. The number of amides is 1. The number of aromatic nitrogens is 3. The summed E-state index contributed by atoms with van der Waals surface area (Å²) in [6, 6.07) is 9.30. The highest BCUT2D eigenvalue weighted by atomic mass is 16.3. The quantitative estimate of drug-likeness (QED) is 0.757. The molecule has 1 aliphatic rings. The van der Waals surface area contributed by atoms with Crippen molar-refractivity contribution in [3.8, 4) is 5.75 Å². The van der Waals surface area contributed by atoms with Crippen LogP contribution in [0.3, 0.4) is 0 Å². The largest absolute Gasteiger partial charge is 0.508 e. The molecule has 0 aliphatic carbocycles. The molecule has 1 aliphatic heterocycles. The van der Waals surface area contributed by atoms with Gasteiger partial charge in [0.25, 0.3) is 5.91 Å². The number of aromatic hydroxyl groups is 1. The lowest BCUT2D eigenvalue weighted by Crippen LogP contribution is -2.38. The molecule has 1 amide bonds. The Hall–Kier alpha value is -2.89. The highest BCUT2D eigenvalue weighted by Crippen LogP contribution is 2.31. The molecule has 0 spiro atoms. The van der Waals surface area contributed by atoms with Crippen LogP contribution >= 0.6 is 0 Å². The molecule has 1 fully saturated rings. The van der Waals surface area contributed by atoms with E-state index in [-0.39, 0.29) is 11.7 Å². The van der Waals surface area contributed by atoms with Crippen molar-refractivity contribution >= 4 is 16.9 Å². The fraction of sp³-hybridized carbons (Fsp3) is 0.381. The van der Waals surface area contributed by atoms with Crippen molar-refractivity contribution in [3.63, 3.8) is 0 Å². The van der Waals surface area contributed by atoms with E-state index in [2.05, 4.69) is 10.1 Å². The van der Waals surface area contributed by atoms with Gasteiger partial charge in [0.15, 0.2) is 5.65 Å². The third kappa shape index (κ3) is 3.16. The standard InChI is InChI=1S/C21H24N4O2/c1-13-12-18(19-14(2)23-24(3)20(19)22-13)21(27)25-10-8-16(9-11-25)15-4-6-17(26)7-5-15/h4-7,12,16,26H,8-11H2,1-3H3. The number of pyridine rings is 1. The Balaban J connectivity index is 1.56.